The SMILES string of the molecule is CC(C)NCc1cc2ccccc2nc1Sc1ncc[nH]1. The summed E-state index contributed by atoms with van der Waals surface area (Å²) in [4.78, 5) is 12.2. The topological polar surface area (TPSA) is 53.6 Å². The van der Waals surface area contributed by atoms with Gasteiger partial charge in [-0.3, -0.25) is 0 Å². The van der Waals surface area contributed by atoms with E-state index in [1.54, 1.807) is 18.0 Å². The molecule has 0 saturated heterocycles. The van der Waals surface area contributed by atoms with Crippen LogP contribution in [0.1, 0.15) is 19.4 Å². The smallest absolute Gasteiger partial charge is 0.171 e. The van der Waals surface area contributed by atoms with Crippen molar-refractivity contribution in [2.45, 2.75) is 36.6 Å². The van der Waals surface area contributed by atoms with Crippen molar-refractivity contribution in [2.75, 3.05) is 0 Å². The van der Waals surface area contributed by atoms with E-state index >= 15 is 0 Å². The summed E-state index contributed by atoms with van der Waals surface area (Å²) in [6.45, 7) is 5.10. The van der Waals surface area contributed by atoms with Crippen molar-refractivity contribution in [3.8, 4) is 0 Å². The van der Waals surface area contributed by atoms with Crippen LogP contribution in [0.15, 0.2) is 52.9 Å². The Morgan fingerprint density at radius 3 is 2.90 bits per heavy atom. The zero-order valence-corrected chi connectivity index (χ0v) is 12.9. The Balaban J connectivity index is 1.99. The Morgan fingerprint density at radius 2 is 2.14 bits per heavy atom. The average Bonchev–Trinajstić information content (AvgIpc) is 2.98. The molecule has 0 spiro atoms. The van der Waals surface area contributed by atoms with Crippen LogP contribution in [0.4, 0.5) is 0 Å². The summed E-state index contributed by atoms with van der Waals surface area (Å²) >= 11 is 1.57. The third-order valence-electron chi connectivity index (χ3n) is 3.13. The second-order valence-corrected chi connectivity index (χ2v) is 6.15. The molecule has 5 heteroatoms. The molecule has 0 fully saturated rings. The minimum atomic E-state index is 0.443. The first-order chi connectivity index (χ1) is 10.2. The molecule has 2 aromatic heterocycles. The van der Waals surface area contributed by atoms with Gasteiger partial charge >= 0.3 is 0 Å². The van der Waals surface area contributed by atoms with Gasteiger partial charge in [0.2, 0.25) is 0 Å². The summed E-state index contributed by atoms with van der Waals surface area (Å²) in [5, 5.41) is 6.49. The summed E-state index contributed by atoms with van der Waals surface area (Å²) < 4.78 is 0. The van der Waals surface area contributed by atoms with Gasteiger partial charge in [0.05, 0.1) is 5.52 Å². The highest BCUT2D eigenvalue weighted by molar-refractivity contribution is 7.99. The number of para-hydroxylation sites is 1. The van der Waals surface area contributed by atoms with E-state index in [2.05, 4.69) is 41.3 Å². The van der Waals surface area contributed by atoms with E-state index in [0.717, 1.165) is 22.2 Å². The molecule has 0 radical (unpaired) electrons. The second kappa shape index (κ2) is 6.28. The van der Waals surface area contributed by atoms with E-state index < -0.39 is 0 Å². The molecule has 1 aromatic carbocycles. The van der Waals surface area contributed by atoms with Gasteiger partial charge in [0, 0.05) is 30.4 Å². The minimum absolute atomic E-state index is 0.443. The van der Waals surface area contributed by atoms with Gasteiger partial charge in [-0.2, -0.15) is 0 Å². The molecule has 2 heterocycles. The molecule has 0 amide bonds. The van der Waals surface area contributed by atoms with Gasteiger partial charge in [-0.15, -0.1) is 0 Å². The highest BCUT2D eigenvalue weighted by Crippen LogP contribution is 2.29. The third kappa shape index (κ3) is 3.43. The fourth-order valence-electron chi connectivity index (χ4n) is 2.07. The van der Waals surface area contributed by atoms with Crippen molar-refractivity contribution in [3.05, 3.63) is 48.3 Å². The first kappa shape index (κ1) is 14.1. The van der Waals surface area contributed by atoms with Gasteiger partial charge in [-0.05, 0) is 29.5 Å². The molecule has 21 heavy (non-hydrogen) atoms. The number of fused-ring (bicyclic) bond motifs is 1. The van der Waals surface area contributed by atoms with Gasteiger partial charge < -0.3 is 10.3 Å². The normalized spacial score (nSPS) is 11.4. The first-order valence-corrected chi connectivity index (χ1v) is 7.83. The third-order valence-corrected chi connectivity index (χ3v) is 4.09. The number of nitrogens with zero attached hydrogens (tertiary/aromatic N) is 2. The van der Waals surface area contributed by atoms with Crippen LogP contribution < -0.4 is 5.32 Å². The molecule has 0 bridgehead atoms. The van der Waals surface area contributed by atoms with Crippen LogP contribution in [0.5, 0.6) is 0 Å². The lowest BCUT2D eigenvalue weighted by Crippen LogP contribution is -2.22. The van der Waals surface area contributed by atoms with Crippen molar-refractivity contribution >= 4 is 22.7 Å². The number of aromatic amines is 1. The Hall–Kier alpha value is -1.85. The summed E-state index contributed by atoms with van der Waals surface area (Å²) in [6, 6.07) is 10.9. The molecule has 3 rings (SSSR count). The predicted octanol–water partition coefficient (Wildman–Crippen LogP) is 3.61. The van der Waals surface area contributed by atoms with Crippen LogP contribution in [0, 0.1) is 0 Å². The zero-order chi connectivity index (χ0) is 14.7. The maximum Gasteiger partial charge on any atom is 0.171 e. The van der Waals surface area contributed by atoms with Gasteiger partial charge in [-0.1, -0.05) is 32.0 Å². The Bertz CT molecular complexity index is 722. The van der Waals surface area contributed by atoms with Gasteiger partial charge in [0.1, 0.15) is 5.03 Å². The number of hydrogen-bond acceptors (Lipinski definition) is 4. The quantitative estimate of drug-likeness (QED) is 0.755. The lowest BCUT2D eigenvalue weighted by molar-refractivity contribution is 0.583. The highest BCUT2D eigenvalue weighted by Gasteiger charge is 2.10. The average molecular weight is 298 g/mol. The molecule has 0 aliphatic heterocycles. The van der Waals surface area contributed by atoms with E-state index in [1.807, 2.05) is 24.4 Å². The van der Waals surface area contributed by atoms with Gasteiger partial charge in [-0.25, -0.2) is 9.97 Å². The van der Waals surface area contributed by atoms with E-state index in [-0.39, 0.29) is 0 Å². The van der Waals surface area contributed by atoms with E-state index in [4.69, 9.17) is 4.98 Å². The largest absolute Gasteiger partial charge is 0.339 e. The molecule has 0 saturated carbocycles. The van der Waals surface area contributed by atoms with Gasteiger partial charge in [0.25, 0.3) is 0 Å². The maximum atomic E-state index is 4.79. The number of imidazole rings is 1. The minimum Gasteiger partial charge on any atom is -0.339 e. The van der Waals surface area contributed by atoms with Crippen LogP contribution in [0.25, 0.3) is 10.9 Å². The van der Waals surface area contributed by atoms with Crippen molar-refractivity contribution in [3.63, 3.8) is 0 Å². The standard InChI is InChI=1S/C16H18N4S/c1-11(2)19-10-13-9-12-5-3-4-6-14(12)20-15(13)21-16-17-7-8-18-16/h3-9,11,19H,10H2,1-2H3,(H,17,18). The molecular weight excluding hydrogens is 280 g/mol. The number of H-pyrrole nitrogens is 1. The molecule has 0 aliphatic carbocycles. The monoisotopic (exact) mass is 298 g/mol. The predicted molar refractivity (Wildman–Crippen MR) is 86.4 cm³/mol. The van der Waals surface area contributed by atoms with Gasteiger partial charge in [0.15, 0.2) is 5.16 Å². The first-order valence-electron chi connectivity index (χ1n) is 7.01. The number of rotatable bonds is 5. The fourth-order valence-corrected chi connectivity index (χ4v) is 2.90. The molecule has 4 nitrogen and oxygen atoms in total. The number of pyridine rings is 1. The number of nitrogens with one attached hydrogen (secondary N) is 2. The van der Waals surface area contributed by atoms with E-state index in [1.165, 1.54) is 10.9 Å². The van der Waals surface area contributed by atoms with Crippen molar-refractivity contribution in [2.24, 2.45) is 0 Å². The highest BCUT2D eigenvalue weighted by atomic mass is 32.2. The molecule has 0 aliphatic rings. The molecular formula is C16H18N4S. The second-order valence-electron chi connectivity index (χ2n) is 5.18. The Kier molecular flexibility index (Phi) is 4.22. The zero-order valence-electron chi connectivity index (χ0n) is 12.1. The van der Waals surface area contributed by atoms with Crippen LogP contribution in [-0.2, 0) is 6.54 Å². The molecule has 0 atom stereocenters. The Labute approximate surface area is 128 Å². The summed E-state index contributed by atoms with van der Waals surface area (Å²) in [5.74, 6) is 0. The molecule has 2 N–H and O–H groups in total. The van der Waals surface area contributed by atoms with Crippen LogP contribution >= 0.6 is 11.8 Å². The number of aromatic nitrogens is 3. The maximum absolute atomic E-state index is 4.79. The van der Waals surface area contributed by atoms with Crippen molar-refractivity contribution < 1.29 is 0 Å². The van der Waals surface area contributed by atoms with Crippen LogP contribution in [-0.4, -0.2) is 21.0 Å². The lowest BCUT2D eigenvalue weighted by atomic mass is 10.1. The van der Waals surface area contributed by atoms with Crippen molar-refractivity contribution in [1.82, 2.24) is 20.3 Å². The number of benzene rings is 1. The van der Waals surface area contributed by atoms with Crippen LogP contribution in [0.3, 0.4) is 0 Å². The summed E-state index contributed by atoms with van der Waals surface area (Å²) in [7, 11) is 0. The van der Waals surface area contributed by atoms with E-state index in [9.17, 15) is 0 Å². The molecule has 0 unspecified atom stereocenters. The lowest BCUT2D eigenvalue weighted by Gasteiger charge is -2.12. The fraction of sp³-hybridized carbons (Fsp3) is 0.250. The summed E-state index contributed by atoms with van der Waals surface area (Å²) in [5.41, 5.74) is 2.21. The molecule has 3 aromatic rings. The number of hydrogen-bond donors (Lipinski definition) is 2. The summed E-state index contributed by atoms with van der Waals surface area (Å²) in [6.07, 6.45) is 3.59. The van der Waals surface area contributed by atoms with Crippen LogP contribution in [0.2, 0.25) is 0 Å². The Morgan fingerprint density at radius 1 is 1.29 bits per heavy atom. The van der Waals surface area contributed by atoms with E-state index in [0.29, 0.717) is 6.04 Å². The van der Waals surface area contributed by atoms with Crippen molar-refractivity contribution in [1.29, 1.82) is 0 Å². The molecule has 108 valence electrons.